The molecule has 2 unspecified atom stereocenters. The first-order valence-electron chi connectivity index (χ1n) is 6.91. The van der Waals surface area contributed by atoms with Crippen LogP contribution in [0.25, 0.3) is 0 Å². The minimum Gasteiger partial charge on any atom is -0.396 e. The van der Waals surface area contributed by atoms with Crippen LogP contribution in [0, 0.1) is 11.8 Å². The molecule has 0 aliphatic heterocycles. The normalized spacial score (nSPS) is 24.1. The van der Waals surface area contributed by atoms with E-state index in [9.17, 15) is 9.90 Å². The number of nitrogens with two attached hydrogens (primary N) is 1. The van der Waals surface area contributed by atoms with E-state index in [4.69, 9.17) is 5.73 Å². The summed E-state index contributed by atoms with van der Waals surface area (Å²) in [7, 11) is 0. The molecule has 1 aliphatic carbocycles. The van der Waals surface area contributed by atoms with Crippen LogP contribution in [-0.4, -0.2) is 24.2 Å². The Kier molecular flexibility index (Phi) is 4.93. The van der Waals surface area contributed by atoms with Gasteiger partial charge in [0.2, 0.25) is 5.91 Å². The number of benzene rings is 1. The highest BCUT2D eigenvalue weighted by Crippen LogP contribution is 2.30. The lowest BCUT2D eigenvalue weighted by atomic mass is 9.96. The Hall–Kier alpha value is -1.39. The minimum absolute atomic E-state index is 0.144. The molecule has 0 saturated heterocycles. The molecule has 1 fully saturated rings. The number of carbonyl (C=O) groups excluding carboxylic acids is 1. The number of carbonyl (C=O) groups is 1. The highest BCUT2D eigenvalue weighted by Gasteiger charge is 2.27. The van der Waals surface area contributed by atoms with E-state index in [0.717, 1.165) is 24.8 Å². The van der Waals surface area contributed by atoms with E-state index in [1.807, 2.05) is 30.3 Å². The molecule has 2 rings (SSSR count). The van der Waals surface area contributed by atoms with Gasteiger partial charge in [-0.3, -0.25) is 4.79 Å². The summed E-state index contributed by atoms with van der Waals surface area (Å²) >= 11 is 0. The first-order chi connectivity index (χ1) is 9.22. The lowest BCUT2D eigenvalue weighted by Gasteiger charge is -2.19. The van der Waals surface area contributed by atoms with Crippen LogP contribution in [0.1, 0.15) is 30.9 Å². The second-order valence-corrected chi connectivity index (χ2v) is 5.27. The quantitative estimate of drug-likeness (QED) is 0.746. The minimum atomic E-state index is -0.616. The van der Waals surface area contributed by atoms with Gasteiger partial charge in [0.1, 0.15) is 6.04 Å². The van der Waals surface area contributed by atoms with Crippen molar-refractivity contribution in [3.05, 3.63) is 35.9 Å². The Bertz CT molecular complexity index is 408. The van der Waals surface area contributed by atoms with Crippen LogP contribution in [0.15, 0.2) is 30.3 Å². The molecular formula is C15H22N2O2. The zero-order valence-corrected chi connectivity index (χ0v) is 11.1. The maximum absolute atomic E-state index is 12.0. The van der Waals surface area contributed by atoms with Gasteiger partial charge in [-0.25, -0.2) is 0 Å². The van der Waals surface area contributed by atoms with Crippen molar-refractivity contribution in [3.63, 3.8) is 0 Å². The zero-order valence-electron chi connectivity index (χ0n) is 11.1. The molecule has 104 valence electrons. The lowest BCUT2D eigenvalue weighted by Crippen LogP contribution is -2.38. The first kappa shape index (κ1) is 14.0. The van der Waals surface area contributed by atoms with E-state index in [2.05, 4.69) is 5.32 Å². The van der Waals surface area contributed by atoms with Gasteiger partial charge in [-0.05, 0) is 30.2 Å². The first-order valence-corrected chi connectivity index (χ1v) is 6.91. The third-order valence-electron chi connectivity index (χ3n) is 4.03. The number of amides is 1. The van der Waals surface area contributed by atoms with Crippen LogP contribution in [0.4, 0.5) is 0 Å². The second kappa shape index (κ2) is 6.68. The molecule has 0 spiro atoms. The Morgan fingerprint density at radius 1 is 1.32 bits per heavy atom. The van der Waals surface area contributed by atoms with Crippen LogP contribution in [0.3, 0.4) is 0 Å². The molecule has 1 aromatic carbocycles. The molecular weight excluding hydrogens is 240 g/mol. The summed E-state index contributed by atoms with van der Waals surface area (Å²) in [5, 5.41) is 12.2. The van der Waals surface area contributed by atoms with Gasteiger partial charge in [0.25, 0.3) is 0 Å². The molecule has 19 heavy (non-hydrogen) atoms. The van der Waals surface area contributed by atoms with Crippen molar-refractivity contribution in [2.45, 2.75) is 25.3 Å². The number of aliphatic hydroxyl groups is 1. The molecule has 4 heteroatoms. The topological polar surface area (TPSA) is 75.4 Å². The maximum atomic E-state index is 12.0. The SMILES string of the molecule is N[C@@H](C(=O)NCC1CCCC1CO)c1ccccc1. The van der Waals surface area contributed by atoms with Crippen LogP contribution in [0.2, 0.25) is 0 Å². The highest BCUT2D eigenvalue weighted by molar-refractivity contribution is 5.82. The Labute approximate surface area is 114 Å². The van der Waals surface area contributed by atoms with Crippen molar-refractivity contribution in [3.8, 4) is 0 Å². The molecule has 1 saturated carbocycles. The van der Waals surface area contributed by atoms with Crippen molar-refractivity contribution < 1.29 is 9.90 Å². The van der Waals surface area contributed by atoms with E-state index in [-0.39, 0.29) is 12.5 Å². The van der Waals surface area contributed by atoms with E-state index in [1.165, 1.54) is 0 Å². The van der Waals surface area contributed by atoms with Crippen LogP contribution >= 0.6 is 0 Å². The molecule has 0 bridgehead atoms. The van der Waals surface area contributed by atoms with E-state index >= 15 is 0 Å². The van der Waals surface area contributed by atoms with Gasteiger partial charge in [0.15, 0.2) is 0 Å². The lowest BCUT2D eigenvalue weighted by molar-refractivity contribution is -0.122. The molecule has 4 N–H and O–H groups in total. The van der Waals surface area contributed by atoms with Crippen molar-refractivity contribution in [1.82, 2.24) is 5.32 Å². The summed E-state index contributed by atoms with van der Waals surface area (Å²) in [5.74, 6) is 0.569. The summed E-state index contributed by atoms with van der Waals surface area (Å²) in [6.07, 6.45) is 3.27. The molecule has 0 radical (unpaired) electrons. The fourth-order valence-electron chi connectivity index (χ4n) is 2.78. The molecule has 1 aromatic rings. The van der Waals surface area contributed by atoms with Crippen molar-refractivity contribution >= 4 is 5.91 Å². The van der Waals surface area contributed by atoms with E-state index in [0.29, 0.717) is 18.4 Å². The average Bonchev–Trinajstić information content (AvgIpc) is 2.92. The highest BCUT2D eigenvalue weighted by atomic mass is 16.3. The van der Waals surface area contributed by atoms with E-state index < -0.39 is 6.04 Å². The summed E-state index contributed by atoms with van der Waals surface area (Å²) < 4.78 is 0. The number of aliphatic hydroxyl groups excluding tert-OH is 1. The summed E-state index contributed by atoms with van der Waals surface area (Å²) in [6, 6.07) is 8.75. The van der Waals surface area contributed by atoms with Crippen molar-refractivity contribution in [2.24, 2.45) is 17.6 Å². The number of hydrogen-bond donors (Lipinski definition) is 3. The van der Waals surface area contributed by atoms with Crippen molar-refractivity contribution in [2.75, 3.05) is 13.2 Å². The maximum Gasteiger partial charge on any atom is 0.241 e. The monoisotopic (exact) mass is 262 g/mol. The molecule has 4 nitrogen and oxygen atoms in total. The van der Waals surface area contributed by atoms with Crippen molar-refractivity contribution in [1.29, 1.82) is 0 Å². The molecule has 1 aliphatic rings. The Morgan fingerprint density at radius 2 is 2.00 bits per heavy atom. The zero-order chi connectivity index (χ0) is 13.7. The van der Waals surface area contributed by atoms with Crippen LogP contribution in [0.5, 0.6) is 0 Å². The molecule has 3 atom stereocenters. The van der Waals surface area contributed by atoms with Gasteiger partial charge in [-0.2, -0.15) is 0 Å². The fraction of sp³-hybridized carbons (Fsp3) is 0.533. The average molecular weight is 262 g/mol. The van der Waals surface area contributed by atoms with E-state index in [1.54, 1.807) is 0 Å². The van der Waals surface area contributed by atoms with Gasteiger partial charge in [-0.15, -0.1) is 0 Å². The molecule has 0 heterocycles. The largest absolute Gasteiger partial charge is 0.396 e. The fourth-order valence-corrected chi connectivity index (χ4v) is 2.78. The second-order valence-electron chi connectivity index (χ2n) is 5.27. The van der Waals surface area contributed by atoms with Gasteiger partial charge < -0.3 is 16.2 Å². The van der Waals surface area contributed by atoms with Crippen LogP contribution in [-0.2, 0) is 4.79 Å². The summed E-state index contributed by atoms with van der Waals surface area (Å²) in [4.78, 5) is 12.0. The summed E-state index contributed by atoms with van der Waals surface area (Å²) in [6.45, 7) is 0.829. The van der Waals surface area contributed by atoms with Gasteiger partial charge in [-0.1, -0.05) is 36.8 Å². The summed E-state index contributed by atoms with van der Waals surface area (Å²) in [5.41, 5.74) is 6.75. The Balaban J connectivity index is 1.84. The predicted octanol–water partition coefficient (Wildman–Crippen LogP) is 1.21. The Morgan fingerprint density at radius 3 is 2.68 bits per heavy atom. The predicted molar refractivity (Wildman–Crippen MR) is 74.3 cm³/mol. The number of nitrogens with one attached hydrogen (secondary N) is 1. The third-order valence-corrected chi connectivity index (χ3v) is 4.03. The van der Waals surface area contributed by atoms with Crippen LogP contribution < -0.4 is 11.1 Å². The van der Waals surface area contributed by atoms with Gasteiger partial charge in [0, 0.05) is 13.2 Å². The molecule has 0 aromatic heterocycles. The standard InChI is InChI=1S/C15H22N2O2/c16-14(11-5-2-1-3-6-11)15(19)17-9-12-7-4-8-13(12)10-18/h1-3,5-6,12-14,18H,4,7-10,16H2,(H,17,19)/t12?,13?,14-/m1/s1. The molecule has 1 amide bonds. The number of rotatable bonds is 5. The van der Waals surface area contributed by atoms with Gasteiger partial charge in [0.05, 0.1) is 0 Å². The third kappa shape index (κ3) is 3.55. The smallest absolute Gasteiger partial charge is 0.241 e. The van der Waals surface area contributed by atoms with Gasteiger partial charge >= 0.3 is 0 Å². The number of hydrogen-bond acceptors (Lipinski definition) is 3.